The summed E-state index contributed by atoms with van der Waals surface area (Å²) in [5, 5.41) is 27.1. The Hall–Kier alpha value is -3.13. The standard InChI is InChI=1S/C30H43N5O3/c1-27(2,3)18-13-21(28(4,5)6)25(36)24(14-18)35-32-22-12-11-20(15-23(22)33-35)38-26(37)31-19-16-29(7,8)34-30(9,10)17-19/h11-15,19,34,36H,16-17H2,1-10H3,(H,31,37). The summed E-state index contributed by atoms with van der Waals surface area (Å²) < 4.78 is 5.63. The van der Waals surface area contributed by atoms with Gasteiger partial charge in [-0.1, -0.05) is 47.6 Å². The Kier molecular flexibility index (Phi) is 6.80. The molecule has 0 aliphatic carbocycles. The second-order valence-electron chi connectivity index (χ2n) is 14.1. The second-order valence-corrected chi connectivity index (χ2v) is 14.1. The topological polar surface area (TPSA) is 101 Å². The third-order valence-corrected chi connectivity index (χ3v) is 7.05. The van der Waals surface area contributed by atoms with E-state index < -0.39 is 6.09 Å². The van der Waals surface area contributed by atoms with Crippen LogP contribution in [0.15, 0.2) is 30.3 Å². The minimum absolute atomic E-state index is 0.00781. The van der Waals surface area contributed by atoms with Crippen LogP contribution < -0.4 is 15.4 Å². The zero-order chi connectivity index (χ0) is 28.3. The van der Waals surface area contributed by atoms with Gasteiger partial charge in [-0.2, -0.15) is 0 Å². The molecule has 2 aromatic carbocycles. The highest BCUT2D eigenvalue weighted by Gasteiger charge is 2.38. The number of benzene rings is 2. The van der Waals surface area contributed by atoms with Gasteiger partial charge in [-0.3, -0.25) is 0 Å². The van der Waals surface area contributed by atoms with Crippen molar-refractivity contribution in [2.45, 2.75) is 110 Å². The van der Waals surface area contributed by atoms with E-state index >= 15 is 0 Å². The molecule has 1 aromatic heterocycles. The third-order valence-electron chi connectivity index (χ3n) is 7.05. The molecule has 2 heterocycles. The molecule has 8 nitrogen and oxygen atoms in total. The van der Waals surface area contributed by atoms with Gasteiger partial charge in [0.2, 0.25) is 0 Å². The maximum absolute atomic E-state index is 12.7. The van der Waals surface area contributed by atoms with Gasteiger partial charge in [-0.15, -0.1) is 15.0 Å². The molecule has 3 N–H and O–H groups in total. The van der Waals surface area contributed by atoms with Crippen LogP contribution in [0.25, 0.3) is 16.7 Å². The van der Waals surface area contributed by atoms with E-state index in [2.05, 4.69) is 96.1 Å². The number of phenols is 1. The lowest BCUT2D eigenvalue weighted by atomic mass is 9.80. The van der Waals surface area contributed by atoms with E-state index in [0.29, 0.717) is 22.5 Å². The van der Waals surface area contributed by atoms with Crippen LogP contribution in [0.2, 0.25) is 0 Å². The van der Waals surface area contributed by atoms with Crippen molar-refractivity contribution in [2.75, 3.05) is 0 Å². The number of aromatic hydroxyl groups is 1. The summed E-state index contributed by atoms with van der Waals surface area (Å²) >= 11 is 0. The van der Waals surface area contributed by atoms with Crippen LogP contribution in [-0.2, 0) is 10.8 Å². The molecule has 8 heteroatoms. The lowest BCUT2D eigenvalue weighted by molar-refractivity contribution is 0.138. The first-order chi connectivity index (χ1) is 17.3. The van der Waals surface area contributed by atoms with E-state index in [1.165, 1.54) is 4.80 Å². The third kappa shape index (κ3) is 6.12. The van der Waals surface area contributed by atoms with Crippen LogP contribution in [0.1, 0.15) is 93.2 Å². The molecule has 38 heavy (non-hydrogen) atoms. The maximum atomic E-state index is 12.7. The van der Waals surface area contributed by atoms with E-state index in [-0.39, 0.29) is 33.7 Å². The van der Waals surface area contributed by atoms with Crippen molar-refractivity contribution < 1.29 is 14.6 Å². The van der Waals surface area contributed by atoms with Gasteiger partial charge in [0.05, 0.1) is 0 Å². The average Bonchev–Trinajstić information content (AvgIpc) is 3.12. The Morgan fingerprint density at radius 1 is 0.974 bits per heavy atom. The number of fused-ring (bicyclic) bond motifs is 1. The summed E-state index contributed by atoms with van der Waals surface area (Å²) in [7, 11) is 0. The fraction of sp³-hybridized carbons (Fsp3) is 0.567. The van der Waals surface area contributed by atoms with E-state index in [9.17, 15) is 9.90 Å². The minimum Gasteiger partial charge on any atom is -0.505 e. The van der Waals surface area contributed by atoms with Crippen LogP contribution >= 0.6 is 0 Å². The molecule has 0 atom stereocenters. The predicted molar refractivity (Wildman–Crippen MR) is 151 cm³/mol. The molecule has 1 fully saturated rings. The van der Waals surface area contributed by atoms with Crippen LogP contribution in [0.5, 0.6) is 11.5 Å². The number of hydrogen-bond donors (Lipinski definition) is 3. The van der Waals surface area contributed by atoms with Crippen molar-refractivity contribution >= 4 is 17.1 Å². The molecule has 0 bridgehead atoms. The van der Waals surface area contributed by atoms with Crippen molar-refractivity contribution in [3.8, 4) is 17.2 Å². The molecule has 1 aliphatic heterocycles. The Bertz CT molecular complexity index is 1340. The van der Waals surface area contributed by atoms with E-state index in [1.807, 2.05) is 6.07 Å². The molecular weight excluding hydrogens is 478 g/mol. The van der Waals surface area contributed by atoms with Crippen LogP contribution in [0.4, 0.5) is 4.79 Å². The number of nitrogens with zero attached hydrogens (tertiary/aromatic N) is 3. The Morgan fingerprint density at radius 3 is 2.16 bits per heavy atom. The van der Waals surface area contributed by atoms with Gasteiger partial charge in [0, 0.05) is 28.7 Å². The highest BCUT2D eigenvalue weighted by molar-refractivity contribution is 5.78. The highest BCUT2D eigenvalue weighted by Crippen LogP contribution is 2.39. The number of nitrogens with one attached hydrogen (secondary N) is 2. The van der Waals surface area contributed by atoms with Crippen molar-refractivity contribution in [3.05, 3.63) is 41.5 Å². The quantitative estimate of drug-likeness (QED) is 0.384. The fourth-order valence-corrected chi connectivity index (χ4v) is 5.57. The Labute approximate surface area is 226 Å². The predicted octanol–water partition coefficient (Wildman–Crippen LogP) is 6.12. The molecule has 0 unspecified atom stereocenters. The summed E-state index contributed by atoms with van der Waals surface area (Å²) in [5.74, 6) is 0.548. The fourth-order valence-electron chi connectivity index (χ4n) is 5.57. The maximum Gasteiger partial charge on any atom is 0.412 e. The average molecular weight is 522 g/mol. The molecular formula is C30H43N5O3. The molecule has 3 aromatic rings. The van der Waals surface area contributed by atoms with E-state index in [0.717, 1.165) is 24.0 Å². The van der Waals surface area contributed by atoms with Gasteiger partial charge in [0.1, 0.15) is 28.2 Å². The lowest BCUT2D eigenvalue weighted by Crippen LogP contribution is -2.62. The van der Waals surface area contributed by atoms with Crippen LogP contribution in [0, 0.1) is 0 Å². The molecule has 1 saturated heterocycles. The Morgan fingerprint density at radius 2 is 1.58 bits per heavy atom. The largest absolute Gasteiger partial charge is 0.505 e. The first-order valence-electron chi connectivity index (χ1n) is 13.4. The van der Waals surface area contributed by atoms with Crippen molar-refractivity contribution in [1.82, 2.24) is 25.6 Å². The summed E-state index contributed by atoms with van der Waals surface area (Å²) in [6, 6.07) is 9.20. The minimum atomic E-state index is -0.486. The van der Waals surface area contributed by atoms with Crippen molar-refractivity contribution in [2.24, 2.45) is 0 Å². The monoisotopic (exact) mass is 521 g/mol. The normalized spacial score (nSPS) is 17.9. The van der Waals surface area contributed by atoms with Crippen LogP contribution in [-0.4, -0.2) is 43.3 Å². The first kappa shape index (κ1) is 27.9. The second kappa shape index (κ2) is 9.26. The summed E-state index contributed by atoms with van der Waals surface area (Å²) in [5.41, 5.74) is 3.10. The van der Waals surface area contributed by atoms with Crippen molar-refractivity contribution in [3.63, 3.8) is 0 Å². The van der Waals surface area contributed by atoms with E-state index in [4.69, 9.17) is 4.74 Å². The van der Waals surface area contributed by atoms with Gasteiger partial charge in [0.25, 0.3) is 0 Å². The Balaban J connectivity index is 1.60. The molecule has 1 aliphatic rings. The molecule has 0 radical (unpaired) electrons. The number of rotatable bonds is 3. The van der Waals surface area contributed by atoms with Gasteiger partial charge in [0.15, 0.2) is 0 Å². The van der Waals surface area contributed by atoms with Gasteiger partial charge in [-0.25, -0.2) is 4.79 Å². The lowest BCUT2D eigenvalue weighted by Gasteiger charge is -2.46. The van der Waals surface area contributed by atoms with Crippen LogP contribution in [0.3, 0.4) is 0 Å². The van der Waals surface area contributed by atoms with Crippen molar-refractivity contribution in [1.29, 1.82) is 0 Å². The number of aromatic nitrogens is 3. The van der Waals surface area contributed by atoms with Gasteiger partial charge < -0.3 is 20.5 Å². The summed E-state index contributed by atoms with van der Waals surface area (Å²) in [6.45, 7) is 21.2. The number of hydrogen-bond acceptors (Lipinski definition) is 6. The summed E-state index contributed by atoms with van der Waals surface area (Å²) in [4.78, 5) is 14.2. The number of ether oxygens (including phenoxy) is 1. The SMILES string of the molecule is CC1(C)CC(NC(=O)Oc2ccc3nn(-c4cc(C(C)(C)C)cc(C(C)(C)C)c4O)nc3c2)CC(C)(C)N1. The van der Waals surface area contributed by atoms with Gasteiger partial charge in [-0.05, 0) is 75.1 Å². The number of amides is 1. The number of carbonyl (C=O) groups excluding carboxylic acids is 1. The first-order valence-corrected chi connectivity index (χ1v) is 13.4. The number of piperidine rings is 1. The number of phenolic OH excluding ortho intramolecular Hbond substituents is 1. The number of carbonyl (C=O) groups is 1. The van der Waals surface area contributed by atoms with E-state index in [1.54, 1.807) is 18.2 Å². The zero-order valence-corrected chi connectivity index (χ0v) is 24.5. The zero-order valence-electron chi connectivity index (χ0n) is 24.5. The van der Waals surface area contributed by atoms with Gasteiger partial charge >= 0.3 is 6.09 Å². The molecule has 4 rings (SSSR count). The molecule has 0 saturated carbocycles. The molecule has 0 spiro atoms. The smallest absolute Gasteiger partial charge is 0.412 e. The highest BCUT2D eigenvalue weighted by atomic mass is 16.6. The molecule has 1 amide bonds. The summed E-state index contributed by atoms with van der Waals surface area (Å²) in [6.07, 6.45) is 1.14. The molecule has 206 valence electrons.